The van der Waals surface area contributed by atoms with Gasteiger partial charge in [-0.05, 0) is 38.0 Å². The lowest BCUT2D eigenvalue weighted by Gasteiger charge is -2.16. The van der Waals surface area contributed by atoms with Gasteiger partial charge in [-0.15, -0.1) is 0 Å². The zero-order valence-corrected chi connectivity index (χ0v) is 14.0. The van der Waals surface area contributed by atoms with E-state index in [9.17, 15) is 4.79 Å². The van der Waals surface area contributed by atoms with E-state index in [1.807, 2.05) is 36.4 Å². The largest absolute Gasteiger partial charge is 0.493 e. The van der Waals surface area contributed by atoms with Crippen molar-refractivity contribution in [3.8, 4) is 22.6 Å². The van der Waals surface area contributed by atoms with Crippen LogP contribution in [0.5, 0.6) is 11.5 Å². The highest BCUT2D eigenvalue weighted by atomic mass is 16.5. The second kappa shape index (κ2) is 6.56. The summed E-state index contributed by atoms with van der Waals surface area (Å²) >= 11 is 0. The number of carboxylic acids is 1. The predicted molar refractivity (Wildman–Crippen MR) is 92.7 cm³/mol. The number of carboxylic acid groups (broad SMARTS) is 1. The van der Waals surface area contributed by atoms with E-state index in [0.717, 1.165) is 29.0 Å². The highest BCUT2D eigenvalue weighted by molar-refractivity contribution is 5.76. The lowest BCUT2D eigenvalue weighted by atomic mass is 9.93. The molecule has 126 valence electrons. The van der Waals surface area contributed by atoms with Crippen LogP contribution in [0.25, 0.3) is 11.1 Å². The van der Waals surface area contributed by atoms with Gasteiger partial charge in [0.2, 0.25) is 0 Å². The zero-order chi connectivity index (χ0) is 17.2. The number of rotatable bonds is 6. The fourth-order valence-corrected chi connectivity index (χ4v) is 3.08. The van der Waals surface area contributed by atoms with Crippen LogP contribution in [0.4, 0.5) is 0 Å². The fourth-order valence-electron chi connectivity index (χ4n) is 3.08. The Bertz CT molecular complexity index is 749. The number of hydrogen-bond acceptors (Lipinski definition) is 3. The molecule has 0 bridgehead atoms. The van der Waals surface area contributed by atoms with Gasteiger partial charge in [0.05, 0.1) is 6.61 Å². The number of aliphatic carboxylic acids is 1. The molecule has 0 radical (unpaired) electrons. The molecule has 1 aliphatic heterocycles. The van der Waals surface area contributed by atoms with Crippen LogP contribution in [-0.2, 0) is 11.2 Å². The first kappa shape index (κ1) is 16.4. The molecule has 2 aromatic rings. The average Bonchev–Trinajstić information content (AvgIpc) is 2.85. The van der Waals surface area contributed by atoms with Crippen molar-refractivity contribution in [2.45, 2.75) is 38.7 Å². The third-order valence-corrected chi connectivity index (χ3v) is 4.09. The molecule has 3 rings (SSSR count). The van der Waals surface area contributed by atoms with Crippen molar-refractivity contribution in [2.24, 2.45) is 0 Å². The number of benzene rings is 2. The topological polar surface area (TPSA) is 55.8 Å². The summed E-state index contributed by atoms with van der Waals surface area (Å²) in [4.78, 5) is 10.6. The van der Waals surface area contributed by atoms with Gasteiger partial charge in [-0.1, -0.05) is 30.3 Å². The van der Waals surface area contributed by atoms with Gasteiger partial charge in [0.15, 0.2) is 0 Å². The van der Waals surface area contributed by atoms with Crippen molar-refractivity contribution < 1.29 is 19.4 Å². The smallest absolute Gasteiger partial charge is 0.303 e. The minimum Gasteiger partial charge on any atom is -0.493 e. The van der Waals surface area contributed by atoms with E-state index in [4.69, 9.17) is 14.6 Å². The molecule has 0 amide bonds. The Morgan fingerprint density at radius 2 is 1.92 bits per heavy atom. The maximum Gasteiger partial charge on any atom is 0.303 e. The first-order chi connectivity index (χ1) is 11.5. The fraction of sp³-hybridized carbons (Fsp3) is 0.350. The van der Waals surface area contributed by atoms with Gasteiger partial charge in [-0.25, -0.2) is 0 Å². The standard InChI is InChI=1S/C20H22O4/c1-20(2)13-16-14(8-5-10-18(16)24-20)15-7-3-4-9-17(15)23-12-6-11-19(21)22/h3-5,7-10H,6,11-13H2,1-2H3,(H,21,22). The van der Waals surface area contributed by atoms with E-state index < -0.39 is 5.97 Å². The van der Waals surface area contributed by atoms with Crippen molar-refractivity contribution in [3.63, 3.8) is 0 Å². The molecule has 0 saturated carbocycles. The van der Waals surface area contributed by atoms with Crippen LogP contribution in [0.3, 0.4) is 0 Å². The van der Waals surface area contributed by atoms with Crippen LogP contribution in [0, 0.1) is 0 Å². The summed E-state index contributed by atoms with van der Waals surface area (Å²) < 4.78 is 11.9. The Kier molecular flexibility index (Phi) is 4.47. The van der Waals surface area contributed by atoms with Crippen molar-refractivity contribution in [1.29, 1.82) is 0 Å². The van der Waals surface area contributed by atoms with Gasteiger partial charge in [-0.3, -0.25) is 4.79 Å². The van der Waals surface area contributed by atoms with E-state index in [-0.39, 0.29) is 12.0 Å². The Balaban J connectivity index is 1.86. The monoisotopic (exact) mass is 326 g/mol. The van der Waals surface area contributed by atoms with Crippen molar-refractivity contribution >= 4 is 5.97 Å². The Labute approximate surface area is 142 Å². The maximum atomic E-state index is 10.6. The molecular formula is C20H22O4. The summed E-state index contributed by atoms with van der Waals surface area (Å²) in [5.41, 5.74) is 3.14. The van der Waals surface area contributed by atoms with Crippen LogP contribution in [0.15, 0.2) is 42.5 Å². The first-order valence-corrected chi connectivity index (χ1v) is 8.21. The van der Waals surface area contributed by atoms with Crippen LogP contribution in [0.2, 0.25) is 0 Å². The molecule has 24 heavy (non-hydrogen) atoms. The second-order valence-electron chi connectivity index (χ2n) is 6.66. The Morgan fingerprint density at radius 1 is 1.17 bits per heavy atom. The number of hydrogen-bond donors (Lipinski definition) is 1. The van der Waals surface area contributed by atoms with Crippen molar-refractivity contribution in [1.82, 2.24) is 0 Å². The minimum absolute atomic E-state index is 0.116. The van der Waals surface area contributed by atoms with E-state index in [1.165, 1.54) is 5.56 Å². The summed E-state index contributed by atoms with van der Waals surface area (Å²) in [5.74, 6) is 0.909. The quantitative estimate of drug-likeness (QED) is 0.804. The van der Waals surface area contributed by atoms with Crippen molar-refractivity contribution in [3.05, 3.63) is 48.0 Å². The zero-order valence-electron chi connectivity index (χ0n) is 14.0. The molecule has 4 heteroatoms. The molecule has 0 atom stereocenters. The normalized spacial score (nSPS) is 14.8. The SMILES string of the molecule is CC1(C)Cc2c(cccc2-c2ccccc2OCCCC(=O)O)O1. The molecule has 1 heterocycles. The number of fused-ring (bicyclic) bond motifs is 1. The Morgan fingerprint density at radius 3 is 2.71 bits per heavy atom. The molecule has 1 aliphatic rings. The lowest BCUT2D eigenvalue weighted by molar-refractivity contribution is -0.137. The molecule has 1 N–H and O–H groups in total. The van der Waals surface area contributed by atoms with E-state index in [2.05, 4.69) is 19.9 Å². The third-order valence-electron chi connectivity index (χ3n) is 4.09. The molecule has 2 aromatic carbocycles. The number of ether oxygens (including phenoxy) is 2. The molecule has 0 aromatic heterocycles. The Hall–Kier alpha value is -2.49. The molecule has 0 aliphatic carbocycles. The van der Waals surface area contributed by atoms with Crippen LogP contribution in [-0.4, -0.2) is 23.3 Å². The summed E-state index contributed by atoms with van der Waals surface area (Å²) in [6.45, 7) is 4.57. The van der Waals surface area contributed by atoms with Crippen molar-refractivity contribution in [2.75, 3.05) is 6.61 Å². The summed E-state index contributed by atoms with van der Waals surface area (Å²) in [7, 11) is 0. The van der Waals surface area contributed by atoms with Gasteiger partial charge in [-0.2, -0.15) is 0 Å². The maximum absolute atomic E-state index is 10.6. The van der Waals surface area contributed by atoms with E-state index in [1.54, 1.807) is 0 Å². The first-order valence-electron chi connectivity index (χ1n) is 8.21. The third kappa shape index (κ3) is 3.53. The van der Waals surface area contributed by atoms with Gasteiger partial charge in [0.25, 0.3) is 0 Å². The van der Waals surface area contributed by atoms with Gasteiger partial charge in [0.1, 0.15) is 17.1 Å². The van der Waals surface area contributed by atoms with Gasteiger partial charge in [0, 0.05) is 24.0 Å². The van der Waals surface area contributed by atoms with E-state index >= 15 is 0 Å². The molecule has 4 nitrogen and oxygen atoms in total. The molecule has 0 fully saturated rings. The van der Waals surface area contributed by atoms with Crippen LogP contribution < -0.4 is 9.47 Å². The minimum atomic E-state index is -0.799. The average molecular weight is 326 g/mol. The number of para-hydroxylation sites is 1. The highest BCUT2D eigenvalue weighted by Gasteiger charge is 2.32. The summed E-state index contributed by atoms with van der Waals surface area (Å²) in [5, 5.41) is 8.73. The summed E-state index contributed by atoms with van der Waals surface area (Å²) in [6, 6.07) is 14.0. The number of carbonyl (C=O) groups is 1. The molecule has 0 unspecified atom stereocenters. The van der Waals surface area contributed by atoms with Gasteiger partial charge < -0.3 is 14.6 Å². The molecular weight excluding hydrogens is 304 g/mol. The van der Waals surface area contributed by atoms with Gasteiger partial charge >= 0.3 is 5.97 Å². The highest BCUT2D eigenvalue weighted by Crippen LogP contribution is 2.43. The van der Waals surface area contributed by atoms with Crippen LogP contribution in [0.1, 0.15) is 32.3 Å². The van der Waals surface area contributed by atoms with Crippen LogP contribution >= 0.6 is 0 Å². The lowest BCUT2D eigenvalue weighted by Crippen LogP contribution is -2.24. The molecule has 0 spiro atoms. The molecule has 0 saturated heterocycles. The predicted octanol–water partition coefficient (Wildman–Crippen LogP) is 4.31. The summed E-state index contributed by atoms with van der Waals surface area (Å²) in [6.07, 6.45) is 1.46. The second-order valence-corrected chi connectivity index (χ2v) is 6.66. The van der Waals surface area contributed by atoms with E-state index in [0.29, 0.717) is 13.0 Å².